The summed E-state index contributed by atoms with van der Waals surface area (Å²) in [6.45, 7) is 3.84. The van der Waals surface area contributed by atoms with Gasteiger partial charge in [0.1, 0.15) is 0 Å². The van der Waals surface area contributed by atoms with Gasteiger partial charge in [-0.25, -0.2) is 4.68 Å². The number of aryl methyl sites for hydroxylation is 1. The number of amides is 2. The van der Waals surface area contributed by atoms with Gasteiger partial charge in [-0.05, 0) is 26.0 Å². The Bertz CT molecular complexity index is 705. The van der Waals surface area contributed by atoms with Gasteiger partial charge in [0.15, 0.2) is 0 Å². The van der Waals surface area contributed by atoms with Crippen LogP contribution in [0.4, 0.5) is 0 Å². The fourth-order valence-corrected chi connectivity index (χ4v) is 2.31. The molecule has 0 aliphatic heterocycles. The number of likely N-dealkylation sites (N-methyl/N-ethyl adjacent to an activating group) is 1. The Labute approximate surface area is 136 Å². The normalized spacial score (nSPS) is 10.4. The van der Waals surface area contributed by atoms with E-state index in [4.69, 9.17) is 0 Å². The maximum atomic E-state index is 12.1. The van der Waals surface area contributed by atoms with E-state index in [0.29, 0.717) is 0 Å². The fraction of sp³-hybridized carbons (Fsp3) is 0.353. The van der Waals surface area contributed by atoms with Gasteiger partial charge in [0.2, 0.25) is 11.8 Å². The molecule has 122 valence electrons. The summed E-state index contributed by atoms with van der Waals surface area (Å²) in [4.78, 5) is 25.0. The largest absolute Gasteiger partial charge is 0.347 e. The Morgan fingerprint density at radius 1 is 1.17 bits per heavy atom. The molecule has 0 aliphatic rings. The highest BCUT2D eigenvalue weighted by atomic mass is 16.2. The van der Waals surface area contributed by atoms with Crippen LogP contribution in [0.25, 0.3) is 5.69 Å². The highest BCUT2D eigenvalue weighted by Crippen LogP contribution is 2.18. The molecule has 0 fully saturated rings. The number of aromatic nitrogens is 2. The first-order valence-corrected chi connectivity index (χ1v) is 7.47. The van der Waals surface area contributed by atoms with E-state index in [1.165, 1.54) is 4.90 Å². The molecule has 0 atom stereocenters. The highest BCUT2D eigenvalue weighted by Gasteiger charge is 2.16. The van der Waals surface area contributed by atoms with Crippen molar-refractivity contribution in [2.75, 3.05) is 20.6 Å². The zero-order chi connectivity index (χ0) is 17.0. The lowest BCUT2D eigenvalue weighted by molar-refractivity contribution is -0.130. The molecule has 1 aromatic heterocycles. The molecule has 2 rings (SSSR count). The third kappa shape index (κ3) is 3.97. The number of nitrogens with zero attached hydrogens (tertiary/aromatic N) is 3. The molecule has 23 heavy (non-hydrogen) atoms. The van der Waals surface area contributed by atoms with Crippen LogP contribution < -0.4 is 5.32 Å². The lowest BCUT2D eigenvalue weighted by Gasteiger charge is -2.11. The van der Waals surface area contributed by atoms with Gasteiger partial charge in [-0.2, -0.15) is 5.10 Å². The van der Waals surface area contributed by atoms with E-state index in [2.05, 4.69) is 10.4 Å². The van der Waals surface area contributed by atoms with Gasteiger partial charge < -0.3 is 10.2 Å². The van der Waals surface area contributed by atoms with Crippen LogP contribution in [-0.4, -0.2) is 47.1 Å². The van der Waals surface area contributed by atoms with Crippen molar-refractivity contribution in [2.24, 2.45) is 0 Å². The number of para-hydroxylation sites is 1. The molecule has 2 amide bonds. The van der Waals surface area contributed by atoms with Crippen LogP contribution in [0.2, 0.25) is 0 Å². The van der Waals surface area contributed by atoms with Crippen molar-refractivity contribution in [3.05, 3.63) is 47.3 Å². The molecule has 6 heteroatoms. The predicted molar refractivity (Wildman–Crippen MR) is 88.4 cm³/mol. The summed E-state index contributed by atoms with van der Waals surface area (Å²) in [6, 6.07) is 9.79. The number of benzene rings is 1. The molecule has 1 heterocycles. The standard InChI is InChI=1S/C17H22N4O2/c1-12-15(10-16(22)18-11-17(23)20(3)4)13(2)21(19-12)14-8-6-5-7-9-14/h5-9H,10-11H2,1-4H3,(H,18,22). The summed E-state index contributed by atoms with van der Waals surface area (Å²) in [5.74, 6) is -0.314. The van der Waals surface area contributed by atoms with Gasteiger partial charge in [-0.15, -0.1) is 0 Å². The van der Waals surface area contributed by atoms with Crippen LogP contribution in [0.3, 0.4) is 0 Å². The smallest absolute Gasteiger partial charge is 0.241 e. The second kappa shape index (κ2) is 7.09. The first-order valence-electron chi connectivity index (χ1n) is 7.47. The van der Waals surface area contributed by atoms with Crippen LogP contribution in [0, 0.1) is 13.8 Å². The summed E-state index contributed by atoms with van der Waals surface area (Å²) < 4.78 is 1.84. The van der Waals surface area contributed by atoms with Crippen LogP contribution in [0.15, 0.2) is 30.3 Å². The molecule has 0 saturated heterocycles. The van der Waals surface area contributed by atoms with Crippen molar-refractivity contribution in [1.82, 2.24) is 20.0 Å². The number of rotatable bonds is 5. The van der Waals surface area contributed by atoms with E-state index in [1.54, 1.807) is 14.1 Å². The Morgan fingerprint density at radius 3 is 2.43 bits per heavy atom. The molecule has 0 radical (unpaired) electrons. The molecule has 0 unspecified atom stereocenters. The summed E-state index contributed by atoms with van der Waals surface area (Å²) in [5, 5.41) is 7.17. The van der Waals surface area contributed by atoms with Crippen molar-refractivity contribution >= 4 is 11.8 Å². The van der Waals surface area contributed by atoms with E-state index in [1.807, 2.05) is 48.9 Å². The van der Waals surface area contributed by atoms with E-state index in [-0.39, 0.29) is 24.8 Å². The van der Waals surface area contributed by atoms with Crippen molar-refractivity contribution < 1.29 is 9.59 Å². The summed E-state index contributed by atoms with van der Waals surface area (Å²) >= 11 is 0. The van der Waals surface area contributed by atoms with E-state index < -0.39 is 0 Å². The lowest BCUT2D eigenvalue weighted by atomic mass is 10.1. The molecular weight excluding hydrogens is 292 g/mol. The number of carbonyl (C=O) groups is 2. The Hall–Kier alpha value is -2.63. The number of nitrogens with one attached hydrogen (secondary N) is 1. The molecule has 6 nitrogen and oxygen atoms in total. The quantitative estimate of drug-likeness (QED) is 0.903. The molecule has 0 spiro atoms. The van der Waals surface area contributed by atoms with Crippen LogP contribution in [0.1, 0.15) is 17.0 Å². The van der Waals surface area contributed by atoms with Crippen molar-refractivity contribution in [1.29, 1.82) is 0 Å². The average molecular weight is 314 g/mol. The van der Waals surface area contributed by atoms with Crippen molar-refractivity contribution in [3.8, 4) is 5.69 Å². The van der Waals surface area contributed by atoms with E-state index >= 15 is 0 Å². The molecule has 1 aromatic carbocycles. The molecular formula is C17H22N4O2. The first kappa shape index (κ1) is 16.7. The molecule has 2 aromatic rings. The minimum Gasteiger partial charge on any atom is -0.347 e. The molecule has 0 bridgehead atoms. The van der Waals surface area contributed by atoms with Crippen molar-refractivity contribution in [2.45, 2.75) is 20.3 Å². The summed E-state index contributed by atoms with van der Waals surface area (Å²) in [7, 11) is 3.32. The van der Waals surface area contributed by atoms with Crippen LogP contribution in [0.5, 0.6) is 0 Å². The third-order valence-electron chi connectivity index (χ3n) is 3.71. The molecule has 0 saturated carbocycles. The third-order valence-corrected chi connectivity index (χ3v) is 3.71. The van der Waals surface area contributed by atoms with Gasteiger partial charge in [0.05, 0.1) is 24.3 Å². The second-order valence-electron chi connectivity index (χ2n) is 5.64. The summed E-state index contributed by atoms with van der Waals surface area (Å²) in [6.07, 6.45) is 0.214. The number of carbonyl (C=O) groups excluding carboxylic acids is 2. The predicted octanol–water partition coefficient (Wildman–Crippen LogP) is 1.24. The maximum absolute atomic E-state index is 12.1. The fourth-order valence-electron chi connectivity index (χ4n) is 2.31. The van der Waals surface area contributed by atoms with Gasteiger partial charge in [0, 0.05) is 25.4 Å². The molecule has 1 N–H and O–H groups in total. The van der Waals surface area contributed by atoms with Gasteiger partial charge in [0.25, 0.3) is 0 Å². The number of hydrogen-bond donors (Lipinski definition) is 1. The highest BCUT2D eigenvalue weighted by molar-refractivity contribution is 5.85. The van der Waals surface area contributed by atoms with Gasteiger partial charge in [-0.1, -0.05) is 18.2 Å². The Balaban J connectivity index is 2.11. The van der Waals surface area contributed by atoms with E-state index in [0.717, 1.165) is 22.6 Å². The minimum atomic E-state index is -0.181. The second-order valence-corrected chi connectivity index (χ2v) is 5.64. The maximum Gasteiger partial charge on any atom is 0.241 e. The van der Waals surface area contributed by atoms with Crippen LogP contribution in [-0.2, 0) is 16.0 Å². The van der Waals surface area contributed by atoms with Crippen molar-refractivity contribution in [3.63, 3.8) is 0 Å². The minimum absolute atomic E-state index is 0.0107. The Kier molecular flexibility index (Phi) is 5.16. The number of hydrogen-bond acceptors (Lipinski definition) is 3. The molecule has 0 aliphatic carbocycles. The Morgan fingerprint density at radius 2 is 1.83 bits per heavy atom. The topological polar surface area (TPSA) is 67.2 Å². The first-order chi connectivity index (χ1) is 10.9. The zero-order valence-corrected chi connectivity index (χ0v) is 14.0. The lowest BCUT2D eigenvalue weighted by Crippen LogP contribution is -2.37. The SMILES string of the molecule is Cc1nn(-c2ccccc2)c(C)c1CC(=O)NCC(=O)N(C)C. The van der Waals surface area contributed by atoms with Gasteiger partial charge >= 0.3 is 0 Å². The average Bonchev–Trinajstić information content (AvgIpc) is 2.81. The zero-order valence-electron chi connectivity index (χ0n) is 14.0. The van der Waals surface area contributed by atoms with Crippen LogP contribution >= 0.6 is 0 Å². The van der Waals surface area contributed by atoms with Gasteiger partial charge in [-0.3, -0.25) is 9.59 Å². The monoisotopic (exact) mass is 314 g/mol. The summed E-state index contributed by atoms with van der Waals surface area (Å²) in [5.41, 5.74) is 3.61. The van der Waals surface area contributed by atoms with E-state index in [9.17, 15) is 9.59 Å².